The Hall–Kier alpha value is -2.50. The van der Waals surface area contributed by atoms with Crippen LogP contribution in [0.15, 0.2) is 60.7 Å². The monoisotopic (exact) mass is 363 g/mol. The van der Waals surface area contributed by atoms with Crippen molar-refractivity contribution in [1.82, 2.24) is 10.3 Å². The Morgan fingerprint density at radius 2 is 1.85 bits per heavy atom. The van der Waals surface area contributed by atoms with E-state index in [2.05, 4.69) is 34.9 Å². The first-order chi connectivity index (χ1) is 12.8. The molecule has 0 radical (unpaired) electrons. The molecule has 1 aromatic heterocycles. The third kappa shape index (κ3) is 3.84. The molecule has 0 saturated carbocycles. The van der Waals surface area contributed by atoms with E-state index in [1.807, 2.05) is 36.4 Å². The molecule has 1 unspecified atom stereocenters. The molecule has 26 heavy (non-hydrogen) atoms. The minimum absolute atomic E-state index is 0.0159. The average molecular weight is 363 g/mol. The van der Waals surface area contributed by atoms with Crippen LogP contribution in [0.1, 0.15) is 23.3 Å². The molecule has 4 nitrogen and oxygen atoms in total. The second-order valence-electron chi connectivity index (χ2n) is 6.46. The fourth-order valence-corrected chi connectivity index (χ4v) is 4.25. The average Bonchev–Trinajstić information content (AvgIpc) is 3.34. The number of hydrogen-bond donors (Lipinski definition) is 2. The van der Waals surface area contributed by atoms with E-state index in [4.69, 9.17) is 4.98 Å². The van der Waals surface area contributed by atoms with E-state index < -0.39 is 0 Å². The van der Waals surface area contributed by atoms with Crippen molar-refractivity contribution >= 4 is 22.4 Å². The highest BCUT2D eigenvalue weighted by atomic mass is 32.1. The van der Waals surface area contributed by atoms with E-state index in [0.717, 1.165) is 41.9 Å². The normalized spacial score (nSPS) is 16.5. The first-order valence-corrected chi connectivity index (χ1v) is 9.74. The number of anilines is 1. The lowest BCUT2D eigenvalue weighted by molar-refractivity contribution is -0.117. The van der Waals surface area contributed by atoms with Crippen molar-refractivity contribution in [3.63, 3.8) is 0 Å². The molecule has 1 amide bonds. The van der Waals surface area contributed by atoms with Crippen LogP contribution in [0.5, 0.6) is 0 Å². The van der Waals surface area contributed by atoms with E-state index in [1.165, 1.54) is 5.56 Å². The van der Waals surface area contributed by atoms with Crippen molar-refractivity contribution in [2.24, 2.45) is 0 Å². The maximum atomic E-state index is 12.4. The molecule has 4 rings (SSSR count). The van der Waals surface area contributed by atoms with Gasteiger partial charge in [-0.1, -0.05) is 60.7 Å². The Labute approximate surface area is 157 Å². The van der Waals surface area contributed by atoms with Crippen LogP contribution in [0.2, 0.25) is 0 Å². The summed E-state index contributed by atoms with van der Waals surface area (Å²) in [5.41, 5.74) is 3.27. The number of carbonyl (C=O) groups excluding carboxylic acids is 1. The molecule has 1 fully saturated rings. The summed E-state index contributed by atoms with van der Waals surface area (Å²) in [6.45, 7) is 0.907. The van der Waals surface area contributed by atoms with Crippen LogP contribution < -0.4 is 10.6 Å². The van der Waals surface area contributed by atoms with E-state index in [0.29, 0.717) is 5.13 Å². The summed E-state index contributed by atoms with van der Waals surface area (Å²) < 4.78 is 0. The molecule has 2 aromatic carbocycles. The SMILES string of the molecule is O=C(Nc1nc(-c2ccccc2)c(Cc2ccccc2)s1)C1CCCN1. The molecule has 1 aliphatic rings. The maximum absolute atomic E-state index is 12.4. The molecule has 1 aliphatic heterocycles. The Bertz CT molecular complexity index is 871. The molecule has 1 saturated heterocycles. The van der Waals surface area contributed by atoms with Crippen LogP contribution in [0.3, 0.4) is 0 Å². The van der Waals surface area contributed by atoms with Gasteiger partial charge in [-0.3, -0.25) is 4.79 Å². The standard InChI is InChI=1S/C21H21N3OS/c25-20(17-12-7-13-22-17)24-21-23-19(16-10-5-2-6-11-16)18(26-21)14-15-8-3-1-4-9-15/h1-6,8-11,17,22H,7,12-14H2,(H,23,24,25). The summed E-state index contributed by atoms with van der Waals surface area (Å²) in [4.78, 5) is 18.3. The zero-order valence-corrected chi connectivity index (χ0v) is 15.3. The predicted octanol–water partition coefficient (Wildman–Crippen LogP) is 4.09. The summed E-state index contributed by atoms with van der Waals surface area (Å²) in [5.74, 6) is 0.0159. The van der Waals surface area contributed by atoms with E-state index in [-0.39, 0.29) is 11.9 Å². The molecule has 0 spiro atoms. The van der Waals surface area contributed by atoms with Gasteiger partial charge in [0, 0.05) is 16.9 Å². The van der Waals surface area contributed by atoms with Gasteiger partial charge >= 0.3 is 0 Å². The Kier molecular flexibility index (Phi) is 5.09. The van der Waals surface area contributed by atoms with E-state index >= 15 is 0 Å². The number of carbonyl (C=O) groups is 1. The second-order valence-corrected chi connectivity index (χ2v) is 7.54. The lowest BCUT2D eigenvalue weighted by atomic mass is 10.1. The van der Waals surface area contributed by atoms with Crippen molar-refractivity contribution in [3.05, 3.63) is 71.1 Å². The van der Waals surface area contributed by atoms with Gasteiger partial charge in [0.15, 0.2) is 5.13 Å². The number of nitrogens with one attached hydrogen (secondary N) is 2. The highest BCUT2D eigenvalue weighted by Crippen LogP contribution is 2.33. The summed E-state index contributed by atoms with van der Waals surface area (Å²) in [5, 5.41) is 6.92. The number of rotatable bonds is 5. The van der Waals surface area contributed by atoms with Crippen LogP contribution in [0.25, 0.3) is 11.3 Å². The van der Waals surface area contributed by atoms with Crippen molar-refractivity contribution < 1.29 is 4.79 Å². The number of hydrogen-bond acceptors (Lipinski definition) is 4. The third-order valence-corrected chi connectivity index (χ3v) is 5.53. The Morgan fingerprint density at radius 3 is 2.54 bits per heavy atom. The smallest absolute Gasteiger partial charge is 0.243 e. The molecule has 3 aromatic rings. The van der Waals surface area contributed by atoms with Crippen LogP contribution in [0, 0.1) is 0 Å². The van der Waals surface area contributed by atoms with Gasteiger partial charge < -0.3 is 10.6 Å². The van der Waals surface area contributed by atoms with Gasteiger partial charge in [-0.25, -0.2) is 4.98 Å². The molecule has 2 N–H and O–H groups in total. The summed E-state index contributed by atoms with van der Waals surface area (Å²) in [7, 11) is 0. The van der Waals surface area contributed by atoms with Gasteiger partial charge in [0.2, 0.25) is 5.91 Å². The second kappa shape index (κ2) is 7.81. The van der Waals surface area contributed by atoms with Crippen LogP contribution in [0.4, 0.5) is 5.13 Å². The van der Waals surface area contributed by atoms with Crippen molar-refractivity contribution in [3.8, 4) is 11.3 Å². The van der Waals surface area contributed by atoms with E-state index in [1.54, 1.807) is 11.3 Å². The number of thiazole rings is 1. The summed E-state index contributed by atoms with van der Waals surface area (Å²) in [6, 6.07) is 20.4. The van der Waals surface area contributed by atoms with Crippen molar-refractivity contribution in [2.75, 3.05) is 11.9 Å². The lowest BCUT2D eigenvalue weighted by Crippen LogP contribution is -2.35. The first kappa shape index (κ1) is 16.9. The van der Waals surface area contributed by atoms with E-state index in [9.17, 15) is 4.79 Å². The number of benzene rings is 2. The van der Waals surface area contributed by atoms with Crippen molar-refractivity contribution in [1.29, 1.82) is 0 Å². The minimum Gasteiger partial charge on any atom is -0.306 e. The van der Waals surface area contributed by atoms with Gasteiger partial charge in [0.1, 0.15) is 0 Å². The van der Waals surface area contributed by atoms with Gasteiger partial charge in [-0.2, -0.15) is 0 Å². The molecule has 5 heteroatoms. The van der Waals surface area contributed by atoms with Gasteiger partial charge in [-0.05, 0) is 24.9 Å². The quantitative estimate of drug-likeness (QED) is 0.718. The Balaban J connectivity index is 1.62. The summed E-state index contributed by atoms with van der Waals surface area (Å²) in [6.07, 6.45) is 2.74. The molecule has 0 bridgehead atoms. The van der Waals surface area contributed by atoms with Gasteiger partial charge in [0.05, 0.1) is 11.7 Å². The number of aromatic nitrogens is 1. The minimum atomic E-state index is -0.100. The number of amides is 1. The highest BCUT2D eigenvalue weighted by molar-refractivity contribution is 7.16. The Morgan fingerprint density at radius 1 is 1.12 bits per heavy atom. The number of nitrogens with zero attached hydrogens (tertiary/aromatic N) is 1. The fraction of sp³-hybridized carbons (Fsp3) is 0.238. The third-order valence-electron chi connectivity index (χ3n) is 4.56. The topological polar surface area (TPSA) is 54.0 Å². The molecular formula is C21H21N3OS. The largest absolute Gasteiger partial charge is 0.306 e. The van der Waals surface area contributed by atoms with Crippen LogP contribution in [-0.2, 0) is 11.2 Å². The molecule has 2 heterocycles. The molecule has 132 valence electrons. The molecule has 1 atom stereocenters. The highest BCUT2D eigenvalue weighted by Gasteiger charge is 2.23. The lowest BCUT2D eigenvalue weighted by Gasteiger charge is -2.08. The fourth-order valence-electron chi connectivity index (χ4n) is 3.23. The van der Waals surface area contributed by atoms with Crippen LogP contribution in [-0.4, -0.2) is 23.5 Å². The molecule has 0 aliphatic carbocycles. The van der Waals surface area contributed by atoms with Crippen LogP contribution >= 0.6 is 11.3 Å². The molecular weight excluding hydrogens is 342 g/mol. The zero-order valence-electron chi connectivity index (χ0n) is 14.4. The predicted molar refractivity (Wildman–Crippen MR) is 106 cm³/mol. The van der Waals surface area contributed by atoms with Gasteiger partial charge in [0.25, 0.3) is 0 Å². The van der Waals surface area contributed by atoms with Gasteiger partial charge in [-0.15, -0.1) is 11.3 Å². The first-order valence-electron chi connectivity index (χ1n) is 8.93. The van der Waals surface area contributed by atoms with Crippen molar-refractivity contribution in [2.45, 2.75) is 25.3 Å². The summed E-state index contributed by atoms with van der Waals surface area (Å²) >= 11 is 1.57. The maximum Gasteiger partial charge on any atom is 0.243 e. The zero-order chi connectivity index (χ0) is 17.8.